The zero-order valence-corrected chi connectivity index (χ0v) is 19.4. The number of thioether (sulfide) groups is 1. The number of aryl methyl sites for hydroxylation is 1. The summed E-state index contributed by atoms with van der Waals surface area (Å²) in [6.45, 7) is 0.573. The van der Waals surface area contributed by atoms with E-state index in [2.05, 4.69) is 20.6 Å². The fourth-order valence-electron chi connectivity index (χ4n) is 3.17. The zero-order chi connectivity index (χ0) is 21.8. The Labute approximate surface area is 199 Å². The van der Waals surface area contributed by atoms with Gasteiger partial charge in [-0.2, -0.15) is 5.21 Å². The molecule has 2 aromatic carbocycles. The Hall–Kier alpha value is -2.26. The van der Waals surface area contributed by atoms with Crippen molar-refractivity contribution in [1.82, 2.24) is 25.5 Å². The van der Waals surface area contributed by atoms with Gasteiger partial charge in [-0.05, 0) is 53.8 Å². The lowest BCUT2D eigenvalue weighted by Gasteiger charge is -2.13. The molecule has 10 heteroatoms. The topological polar surface area (TPSA) is 74.8 Å². The van der Waals surface area contributed by atoms with Gasteiger partial charge in [0, 0.05) is 13.0 Å². The first kappa shape index (κ1) is 22.0. The minimum absolute atomic E-state index is 0.0606. The molecule has 0 radical (unpaired) electrons. The van der Waals surface area contributed by atoms with E-state index in [1.165, 1.54) is 11.8 Å². The van der Waals surface area contributed by atoms with Crippen LogP contribution in [-0.2, 0) is 11.2 Å². The van der Waals surface area contributed by atoms with Gasteiger partial charge in [0.05, 0.1) is 15.0 Å². The fourth-order valence-corrected chi connectivity index (χ4v) is 4.78. The van der Waals surface area contributed by atoms with Crippen LogP contribution in [0.3, 0.4) is 0 Å². The predicted octanol–water partition coefficient (Wildman–Crippen LogP) is 5.40. The molecule has 6 nitrogen and oxygen atoms in total. The second kappa shape index (κ2) is 9.91. The molecular formula is C21H17Cl2N5OS2. The predicted molar refractivity (Wildman–Crippen MR) is 129 cm³/mol. The highest BCUT2D eigenvalue weighted by molar-refractivity contribution is 8.26. The third-order valence-corrected chi connectivity index (χ3v) is 6.85. The van der Waals surface area contributed by atoms with Crippen LogP contribution in [0.1, 0.15) is 24.2 Å². The van der Waals surface area contributed by atoms with Gasteiger partial charge in [0.15, 0.2) is 5.82 Å². The van der Waals surface area contributed by atoms with Crippen molar-refractivity contribution in [2.24, 2.45) is 0 Å². The summed E-state index contributed by atoms with van der Waals surface area (Å²) in [5.41, 5.74) is 2.87. The van der Waals surface area contributed by atoms with Gasteiger partial charge in [0.1, 0.15) is 4.32 Å². The van der Waals surface area contributed by atoms with Gasteiger partial charge in [-0.25, -0.2) is 0 Å². The van der Waals surface area contributed by atoms with E-state index < -0.39 is 0 Å². The van der Waals surface area contributed by atoms with Crippen molar-refractivity contribution in [3.05, 3.63) is 68.8 Å². The third-order valence-electron chi connectivity index (χ3n) is 4.73. The number of hydrogen-bond donors (Lipinski definition) is 1. The molecule has 0 spiro atoms. The van der Waals surface area contributed by atoms with E-state index in [1.54, 1.807) is 11.0 Å². The first-order chi connectivity index (χ1) is 15.0. The summed E-state index contributed by atoms with van der Waals surface area (Å²) >= 11 is 18.9. The molecule has 1 saturated heterocycles. The molecule has 0 saturated carbocycles. The summed E-state index contributed by atoms with van der Waals surface area (Å²) in [6.07, 6.45) is 4.24. The van der Waals surface area contributed by atoms with Crippen molar-refractivity contribution in [3.63, 3.8) is 0 Å². The molecule has 0 aliphatic carbocycles. The van der Waals surface area contributed by atoms with Crippen molar-refractivity contribution in [1.29, 1.82) is 0 Å². The molecule has 1 fully saturated rings. The monoisotopic (exact) mass is 489 g/mol. The van der Waals surface area contributed by atoms with Crippen molar-refractivity contribution < 1.29 is 4.79 Å². The molecule has 0 atom stereocenters. The van der Waals surface area contributed by atoms with Gasteiger partial charge >= 0.3 is 0 Å². The van der Waals surface area contributed by atoms with Crippen LogP contribution >= 0.6 is 47.2 Å². The number of thiocarbonyl (C=S) groups is 1. The minimum atomic E-state index is -0.0606. The molecule has 1 N–H and O–H groups in total. The molecule has 1 aliphatic rings. The van der Waals surface area contributed by atoms with E-state index in [0.717, 1.165) is 29.5 Å². The third kappa shape index (κ3) is 5.33. The van der Waals surface area contributed by atoms with E-state index in [9.17, 15) is 4.79 Å². The lowest BCUT2D eigenvalue weighted by molar-refractivity contribution is -0.122. The zero-order valence-electron chi connectivity index (χ0n) is 16.2. The Balaban J connectivity index is 1.43. The van der Waals surface area contributed by atoms with Gasteiger partial charge in [0.25, 0.3) is 5.91 Å². The van der Waals surface area contributed by atoms with Crippen molar-refractivity contribution in [2.45, 2.75) is 19.3 Å². The van der Waals surface area contributed by atoms with Crippen LogP contribution in [0.4, 0.5) is 0 Å². The quantitative estimate of drug-likeness (QED) is 0.272. The van der Waals surface area contributed by atoms with Gasteiger partial charge in [-0.1, -0.05) is 76.7 Å². The van der Waals surface area contributed by atoms with Gasteiger partial charge in [0.2, 0.25) is 0 Å². The van der Waals surface area contributed by atoms with E-state index in [1.807, 2.05) is 42.5 Å². The maximum Gasteiger partial charge on any atom is 0.266 e. The number of aromatic nitrogens is 4. The molecule has 31 heavy (non-hydrogen) atoms. The number of nitrogens with zero attached hydrogens (tertiary/aromatic N) is 4. The number of halogens is 2. The van der Waals surface area contributed by atoms with Crippen LogP contribution in [0.25, 0.3) is 17.2 Å². The summed E-state index contributed by atoms with van der Waals surface area (Å²) in [5, 5.41) is 14.9. The number of carbonyl (C=O) groups is 1. The first-order valence-corrected chi connectivity index (χ1v) is 11.5. The first-order valence-electron chi connectivity index (χ1n) is 9.54. The number of tetrazole rings is 1. The second-order valence-electron chi connectivity index (χ2n) is 6.87. The van der Waals surface area contributed by atoms with Crippen LogP contribution in [-0.4, -0.2) is 42.3 Å². The normalized spacial score (nSPS) is 15.3. The number of benzene rings is 2. The summed E-state index contributed by atoms with van der Waals surface area (Å²) in [5.74, 6) is 0.613. The van der Waals surface area contributed by atoms with E-state index >= 15 is 0 Å². The van der Waals surface area contributed by atoms with E-state index in [0.29, 0.717) is 38.1 Å². The van der Waals surface area contributed by atoms with Crippen molar-refractivity contribution in [2.75, 3.05) is 6.54 Å². The number of amides is 1. The minimum Gasteiger partial charge on any atom is -0.293 e. The van der Waals surface area contributed by atoms with Crippen LogP contribution in [0.2, 0.25) is 10.0 Å². The Bertz CT molecular complexity index is 1150. The number of carbonyl (C=O) groups excluding carboxylic acids is 1. The van der Waals surface area contributed by atoms with Gasteiger partial charge in [-0.15, -0.1) is 10.2 Å². The maximum atomic E-state index is 12.9. The maximum absolute atomic E-state index is 12.9. The second-order valence-corrected chi connectivity index (χ2v) is 9.36. The van der Waals surface area contributed by atoms with Crippen LogP contribution in [0.15, 0.2) is 47.4 Å². The van der Waals surface area contributed by atoms with Gasteiger partial charge < -0.3 is 0 Å². The van der Waals surface area contributed by atoms with Crippen LogP contribution in [0.5, 0.6) is 0 Å². The summed E-state index contributed by atoms with van der Waals surface area (Å²) < 4.78 is 0.580. The SMILES string of the molecule is O=C1C(=Cc2cccc(-c3ccc(Cl)c(Cl)c3)c2)SC(=S)N1CCCCc1nn[nH]n1. The van der Waals surface area contributed by atoms with Crippen molar-refractivity contribution in [3.8, 4) is 11.1 Å². The molecule has 4 rings (SSSR count). The molecule has 3 aromatic rings. The Morgan fingerprint density at radius 3 is 2.71 bits per heavy atom. The molecular weight excluding hydrogens is 473 g/mol. The van der Waals surface area contributed by atoms with Crippen LogP contribution in [0, 0.1) is 0 Å². The molecule has 1 amide bonds. The Morgan fingerprint density at radius 2 is 1.94 bits per heavy atom. The number of aromatic amines is 1. The smallest absolute Gasteiger partial charge is 0.266 e. The largest absolute Gasteiger partial charge is 0.293 e. The van der Waals surface area contributed by atoms with Crippen molar-refractivity contribution >= 4 is 63.5 Å². The standard InChI is InChI=1S/C21H17Cl2N5OS2/c22-16-8-7-15(12-17(16)23)14-5-3-4-13(10-14)11-18-20(29)28(21(30)31-18)9-2-1-6-19-24-26-27-25-19/h3-5,7-8,10-12H,1-2,6,9H2,(H,24,25,26,27). The summed E-state index contributed by atoms with van der Waals surface area (Å²) in [7, 11) is 0. The molecule has 158 valence electrons. The molecule has 1 aromatic heterocycles. The average Bonchev–Trinajstić information content (AvgIpc) is 3.37. The highest BCUT2D eigenvalue weighted by Gasteiger charge is 2.31. The summed E-state index contributed by atoms with van der Waals surface area (Å²) in [6, 6.07) is 13.4. The highest BCUT2D eigenvalue weighted by Crippen LogP contribution is 2.34. The Morgan fingerprint density at radius 1 is 1.10 bits per heavy atom. The molecule has 1 aliphatic heterocycles. The lowest BCUT2D eigenvalue weighted by Crippen LogP contribution is -2.29. The Kier molecular flexibility index (Phi) is 7.02. The molecule has 0 unspecified atom stereocenters. The fraction of sp³-hybridized carbons (Fsp3) is 0.190. The molecule has 2 heterocycles. The number of nitrogens with one attached hydrogen (secondary N) is 1. The van der Waals surface area contributed by atoms with Crippen LogP contribution < -0.4 is 0 Å². The summed E-state index contributed by atoms with van der Waals surface area (Å²) in [4.78, 5) is 15.1. The number of hydrogen-bond acceptors (Lipinski definition) is 6. The van der Waals surface area contributed by atoms with E-state index in [-0.39, 0.29) is 5.91 Å². The van der Waals surface area contributed by atoms with E-state index in [4.69, 9.17) is 35.4 Å². The molecule has 0 bridgehead atoms. The number of H-pyrrole nitrogens is 1. The average molecular weight is 490 g/mol. The van der Waals surface area contributed by atoms with Gasteiger partial charge in [-0.3, -0.25) is 9.69 Å². The highest BCUT2D eigenvalue weighted by atomic mass is 35.5. The number of unbranched alkanes of at least 4 members (excludes halogenated alkanes) is 1. The lowest BCUT2D eigenvalue weighted by atomic mass is 10.0. The number of rotatable bonds is 7.